The number of carboxylic acid groups (broad SMARTS) is 1. The molecule has 0 saturated heterocycles. The lowest BCUT2D eigenvalue weighted by Gasteiger charge is -2.33. The van der Waals surface area contributed by atoms with Crippen LogP contribution in [0.1, 0.15) is 45.4 Å². The molecule has 1 amide bonds. The highest BCUT2D eigenvalue weighted by atomic mass is 16.4. The van der Waals surface area contributed by atoms with Gasteiger partial charge in [0.25, 0.3) is 0 Å². The minimum absolute atomic E-state index is 0.0451. The zero-order valence-corrected chi connectivity index (χ0v) is 10.4. The number of rotatable bonds is 4. The standard InChI is InChI=1S/C13H21NO3/c1-9-7-10(9)11(15)14-8-13(12(16)17)5-3-2-4-6-13/h9-10H,2-8H2,1H3,(H,14,15)(H,16,17). The Morgan fingerprint density at radius 1 is 1.29 bits per heavy atom. The van der Waals surface area contributed by atoms with E-state index >= 15 is 0 Å². The molecule has 0 radical (unpaired) electrons. The molecule has 0 spiro atoms. The number of carbonyl (C=O) groups is 2. The molecule has 4 heteroatoms. The van der Waals surface area contributed by atoms with Crippen molar-refractivity contribution >= 4 is 11.9 Å². The van der Waals surface area contributed by atoms with Gasteiger partial charge in [0.15, 0.2) is 0 Å². The second kappa shape index (κ2) is 4.67. The average molecular weight is 239 g/mol. The molecule has 0 aromatic heterocycles. The Labute approximate surface area is 102 Å². The number of aliphatic carboxylic acids is 1. The Morgan fingerprint density at radius 2 is 1.88 bits per heavy atom. The molecule has 0 heterocycles. The van der Waals surface area contributed by atoms with Crippen LogP contribution in [0.4, 0.5) is 0 Å². The largest absolute Gasteiger partial charge is 0.481 e. The lowest BCUT2D eigenvalue weighted by molar-refractivity contribution is -0.151. The van der Waals surface area contributed by atoms with Crippen molar-refractivity contribution in [3.8, 4) is 0 Å². The number of hydrogen-bond donors (Lipinski definition) is 2. The highest BCUT2D eigenvalue weighted by molar-refractivity contribution is 5.82. The van der Waals surface area contributed by atoms with Crippen molar-refractivity contribution in [2.45, 2.75) is 45.4 Å². The van der Waals surface area contributed by atoms with Gasteiger partial charge in [-0.2, -0.15) is 0 Å². The Balaban J connectivity index is 1.89. The predicted octanol–water partition coefficient (Wildman–Crippen LogP) is 1.79. The molecule has 2 aliphatic carbocycles. The SMILES string of the molecule is CC1CC1C(=O)NCC1(C(=O)O)CCCCC1. The molecule has 2 fully saturated rings. The van der Waals surface area contributed by atoms with Gasteiger partial charge >= 0.3 is 5.97 Å². The van der Waals surface area contributed by atoms with Crippen LogP contribution in [0.2, 0.25) is 0 Å². The van der Waals surface area contributed by atoms with Crippen molar-refractivity contribution < 1.29 is 14.7 Å². The van der Waals surface area contributed by atoms with Crippen LogP contribution in [-0.4, -0.2) is 23.5 Å². The first kappa shape index (κ1) is 12.4. The Kier molecular flexibility index (Phi) is 3.40. The van der Waals surface area contributed by atoms with E-state index in [0.29, 0.717) is 25.3 Å². The predicted molar refractivity (Wildman–Crippen MR) is 63.4 cm³/mol. The first-order valence-corrected chi connectivity index (χ1v) is 6.56. The van der Waals surface area contributed by atoms with Crippen LogP contribution in [0.3, 0.4) is 0 Å². The van der Waals surface area contributed by atoms with Gasteiger partial charge in [-0.15, -0.1) is 0 Å². The number of carboxylic acids is 1. The first-order chi connectivity index (χ1) is 8.05. The van der Waals surface area contributed by atoms with Crippen LogP contribution in [-0.2, 0) is 9.59 Å². The molecule has 4 nitrogen and oxygen atoms in total. The van der Waals surface area contributed by atoms with Crippen molar-refractivity contribution in [2.24, 2.45) is 17.3 Å². The molecule has 0 bridgehead atoms. The molecule has 0 aliphatic heterocycles. The molecule has 2 saturated carbocycles. The average Bonchev–Trinajstić information content (AvgIpc) is 3.04. The molecule has 0 aromatic rings. The summed E-state index contributed by atoms with van der Waals surface area (Å²) in [4.78, 5) is 23.1. The Hall–Kier alpha value is -1.06. The molecule has 2 rings (SSSR count). The fourth-order valence-electron chi connectivity index (χ4n) is 2.77. The summed E-state index contributed by atoms with van der Waals surface area (Å²) in [6.45, 7) is 2.36. The van der Waals surface area contributed by atoms with Gasteiger partial charge in [-0.1, -0.05) is 26.2 Å². The van der Waals surface area contributed by atoms with Gasteiger partial charge < -0.3 is 10.4 Å². The van der Waals surface area contributed by atoms with Crippen LogP contribution in [0.15, 0.2) is 0 Å². The third-order valence-electron chi connectivity index (χ3n) is 4.31. The summed E-state index contributed by atoms with van der Waals surface area (Å²) in [6, 6.07) is 0. The lowest BCUT2D eigenvalue weighted by atomic mass is 9.74. The zero-order valence-electron chi connectivity index (χ0n) is 10.4. The minimum atomic E-state index is -0.749. The van der Waals surface area contributed by atoms with Gasteiger partial charge in [0.1, 0.15) is 0 Å². The molecule has 0 aromatic carbocycles. The summed E-state index contributed by atoms with van der Waals surface area (Å²) in [5, 5.41) is 12.2. The van der Waals surface area contributed by atoms with E-state index in [1.807, 2.05) is 0 Å². The summed E-state index contributed by atoms with van der Waals surface area (Å²) in [6.07, 6.45) is 5.38. The Bertz CT molecular complexity index is 321. The van der Waals surface area contributed by atoms with E-state index in [2.05, 4.69) is 12.2 Å². The maximum Gasteiger partial charge on any atom is 0.311 e. The maximum atomic E-state index is 11.7. The van der Waals surface area contributed by atoms with Crippen molar-refractivity contribution in [1.82, 2.24) is 5.32 Å². The van der Waals surface area contributed by atoms with E-state index in [-0.39, 0.29) is 11.8 Å². The first-order valence-electron chi connectivity index (χ1n) is 6.56. The van der Waals surface area contributed by atoms with Crippen molar-refractivity contribution in [2.75, 3.05) is 6.54 Å². The van der Waals surface area contributed by atoms with Gasteiger partial charge in [-0.3, -0.25) is 9.59 Å². The second-order valence-corrected chi connectivity index (χ2v) is 5.68. The van der Waals surface area contributed by atoms with E-state index in [1.54, 1.807) is 0 Å². The Morgan fingerprint density at radius 3 is 2.35 bits per heavy atom. The zero-order chi connectivity index (χ0) is 12.5. The maximum absolute atomic E-state index is 11.7. The molecule has 96 valence electrons. The summed E-state index contributed by atoms with van der Waals surface area (Å²) >= 11 is 0. The van der Waals surface area contributed by atoms with Gasteiger partial charge in [0.2, 0.25) is 5.91 Å². The van der Waals surface area contributed by atoms with Crippen molar-refractivity contribution in [3.63, 3.8) is 0 Å². The molecular formula is C13H21NO3. The van der Waals surface area contributed by atoms with E-state index in [9.17, 15) is 14.7 Å². The fraction of sp³-hybridized carbons (Fsp3) is 0.846. The van der Waals surface area contributed by atoms with Crippen LogP contribution in [0, 0.1) is 17.3 Å². The normalized spacial score (nSPS) is 30.6. The topological polar surface area (TPSA) is 66.4 Å². The fourth-order valence-corrected chi connectivity index (χ4v) is 2.77. The van der Waals surface area contributed by atoms with Gasteiger partial charge in [-0.05, 0) is 25.2 Å². The lowest BCUT2D eigenvalue weighted by Crippen LogP contribution is -2.44. The molecule has 17 heavy (non-hydrogen) atoms. The molecular weight excluding hydrogens is 218 g/mol. The summed E-state index contributed by atoms with van der Waals surface area (Å²) < 4.78 is 0. The van der Waals surface area contributed by atoms with Gasteiger partial charge in [0.05, 0.1) is 5.41 Å². The molecule has 2 atom stereocenters. The second-order valence-electron chi connectivity index (χ2n) is 5.68. The van der Waals surface area contributed by atoms with Crippen LogP contribution < -0.4 is 5.32 Å². The third kappa shape index (κ3) is 2.61. The highest BCUT2D eigenvalue weighted by Gasteiger charge is 2.43. The third-order valence-corrected chi connectivity index (χ3v) is 4.31. The summed E-state index contributed by atoms with van der Waals surface area (Å²) in [5.74, 6) is -0.100. The number of nitrogens with one attached hydrogen (secondary N) is 1. The van der Waals surface area contributed by atoms with E-state index in [0.717, 1.165) is 25.7 Å². The van der Waals surface area contributed by atoms with E-state index < -0.39 is 11.4 Å². The van der Waals surface area contributed by atoms with Crippen molar-refractivity contribution in [1.29, 1.82) is 0 Å². The quantitative estimate of drug-likeness (QED) is 0.786. The smallest absolute Gasteiger partial charge is 0.311 e. The van der Waals surface area contributed by atoms with Crippen LogP contribution in [0.5, 0.6) is 0 Å². The van der Waals surface area contributed by atoms with E-state index in [1.165, 1.54) is 0 Å². The van der Waals surface area contributed by atoms with E-state index in [4.69, 9.17) is 0 Å². The van der Waals surface area contributed by atoms with Crippen molar-refractivity contribution in [3.05, 3.63) is 0 Å². The number of carbonyl (C=O) groups excluding carboxylic acids is 1. The number of amides is 1. The highest BCUT2D eigenvalue weighted by Crippen LogP contribution is 2.39. The number of hydrogen-bond acceptors (Lipinski definition) is 2. The van der Waals surface area contributed by atoms with Crippen LogP contribution >= 0.6 is 0 Å². The van der Waals surface area contributed by atoms with Gasteiger partial charge in [0, 0.05) is 12.5 Å². The van der Waals surface area contributed by atoms with Crippen LogP contribution in [0.25, 0.3) is 0 Å². The molecule has 2 aliphatic rings. The minimum Gasteiger partial charge on any atom is -0.481 e. The van der Waals surface area contributed by atoms with Gasteiger partial charge in [-0.25, -0.2) is 0 Å². The monoisotopic (exact) mass is 239 g/mol. The molecule has 2 unspecified atom stereocenters. The molecule has 2 N–H and O–H groups in total. The summed E-state index contributed by atoms with van der Waals surface area (Å²) in [7, 11) is 0. The summed E-state index contributed by atoms with van der Waals surface area (Å²) in [5.41, 5.74) is -0.702.